The van der Waals surface area contributed by atoms with Crippen LogP contribution in [0.2, 0.25) is 0 Å². The number of nitrogens with one attached hydrogen (secondary N) is 2. The van der Waals surface area contributed by atoms with Crippen molar-refractivity contribution in [1.29, 1.82) is 0 Å². The van der Waals surface area contributed by atoms with Gasteiger partial charge in [0.15, 0.2) is 16.6 Å². The number of pyridine rings is 1. The fourth-order valence-electron chi connectivity index (χ4n) is 3.48. The Balaban J connectivity index is 1.24. The molecule has 5 rings (SSSR count). The number of hydroxylamine groups is 2. The fraction of sp³-hybridized carbons (Fsp3) is 0.261. The van der Waals surface area contributed by atoms with E-state index in [0.29, 0.717) is 34.2 Å². The van der Waals surface area contributed by atoms with Gasteiger partial charge in [-0.15, -0.1) is 16.4 Å². The van der Waals surface area contributed by atoms with Gasteiger partial charge in [-0.1, -0.05) is 12.5 Å². The molecule has 0 atom stereocenters. The summed E-state index contributed by atoms with van der Waals surface area (Å²) in [5.74, 6) is 1.48. The molecule has 0 unspecified atom stereocenters. The highest BCUT2D eigenvalue weighted by atomic mass is 32.1. The third-order valence-corrected chi connectivity index (χ3v) is 5.90. The molecule has 0 spiro atoms. The van der Waals surface area contributed by atoms with E-state index in [9.17, 15) is 4.79 Å². The van der Waals surface area contributed by atoms with Crippen molar-refractivity contribution in [1.82, 2.24) is 35.0 Å². The average Bonchev–Trinajstić information content (AvgIpc) is 3.34. The third kappa shape index (κ3) is 5.91. The second-order valence-electron chi connectivity index (χ2n) is 7.85. The molecule has 1 saturated heterocycles. The number of piperidine rings is 1. The number of rotatable bonds is 7. The SMILES string of the molecule is Cc1cccc(-c2nccc(Nc3ccnc(Nc4nc(C(=O)ON5CCCCC5)cs4)n3)n2)n1. The van der Waals surface area contributed by atoms with Gasteiger partial charge in [0.05, 0.1) is 0 Å². The Hall–Kier alpha value is -4.03. The molecule has 11 nitrogen and oxygen atoms in total. The van der Waals surface area contributed by atoms with Crippen molar-refractivity contribution in [3.05, 3.63) is 59.5 Å². The molecule has 0 radical (unpaired) electrons. The van der Waals surface area contributed by atoms with Crippen molar-refractivity contribution in [2.75, 3.05) is 23.7 Å². The van der Waals surface area contributed by atoms with E-state index in [1.54, 1.807) is 35.0 Å². The van der Waals surface area contributed by atoms with Gasteiger partial charge in [-0.05, 0) is 44.0 Å². The predicted molar refractivity (Wildman–Crippen MR) is 132 cm³/mol. The van der Waals surface area contributed by atoms with E-state index in [0.717, 1.165) is 38.0 Å². The van der Waals surface area contributed by atoms with Gasteiger partial charge in [-0.3, -0.25) is 5.32 Å². The summed E-state index contributed by atoms with van der Waals surface area (Å²) in [7, 11) is 0. The number of carbonyl (C=O) groups excluding carboxylic acids is 1. The molecule has 4 aromatic rings. The molecule has 0 aromatic carbocycles. The van der Waals surface area contributed by atoms with Crippen LogP contribution in [0.5, 0.6) is 0 Å². The molecule has 4 aromatic heterocycles. The van der Waals surface area contributed by atoms with E-state index >= 15 is 0 Å². The molecule has 2 N–H and O–H groups in total. The second-order valence-corrected chi connectivity index (χ2v) is 8.71. The van der Waals surface area contributed by atoms with Crippen LogP contribution in [0.15, 0.2) is 48.1 Å². The van der Waals surface area contributed by atoms with Crippen molar-refractivity contribution in [3.63, 3.8) is 0 Å². The monoisotopic (exact) mass is 489 g/mol. The first kappa shape index (κ1) is 22.7. The van der Waals surface area contributed by atoms with Crippen LogP contribution in [-0.2, 0) is 4.84 Å². The van der Waals surface area contributed by atoms with Gasteiger partial charge in [0.2, 0.25) is 5.95 Å². The van der Waals surface area contributed by atoms with Crippen molar-refractivity contribution in [2.24, 2.45) is 0 Å². The minimum atomic E-state index is -0.463. The number of hydrogen-bond donors (Lipinski definition) is 2. The van der Waals surface area contributed by atoms with Crippen molar-refractivity contribution >= 4 is 40.0 Å². The molecule has 178 valence electrons. The molecule has 0 amide bonds. The normalized spacial score (nSPS) is 13.9. The smallest absolute Gasteiger partial charge is 0.363 e. The van der Waals surface area contributed by atoms with E-state index in [4.69, 9.17) is 4.84 Å². The van der Waals surface area contributed by atoms with Crippen LogP contribution < -0.4 is 10.6 Å². The summed E-state index contributed by atoms with van der Waals surface area (Å²) in [6.45, 7) is 3.43. The molecule has 0 saturated carbocycles. The van der Waals surface area contributed by atoms with Gasteiger partial charge in [-0.2, -0.15) is 4.98 Å². The van der Waals surface area contributed by atoms with Crippen LogP contribution in [-0.4, -0.2) is 54.0 Å². The summed E-state index contributed by atoms with van der Waals surface area (Å²) in [4.78, 5) is 44.1. The number of anilines is 4. The Kier molecular flexibility index (Phi) is 6.82. The first-order chi connectivity index (χ1) is 17.1. The zero-order valence-electron chi connectivity index (χ0n) is 19.0. The van der Waals surface area contributed by atoms with E-state index in [2.05, 4.69) is 40.5 Å². The van der Waals surface area contributed by atoms with Gasteiger partial charge in [0.1, 0.15) is 17.3 Å². The lowest BCUT2D eigenvalue weighted by molar-refractivity contribution is -0.119. The number of nitrogens with zero attached hydrogens (tertiary/aromatic N) is 7. The standard InChI is InChI=1S/C23H23N9O2S/c1-15-6-5-7-16(26-15)20-24-10-8-18(29-20)28-19-9-11-25-22(30-19)31-23-27-17(14-35-23)21(33)34-32-12-3-2-4-13-32/h5-11,14H,2-4,12-13H2,1H3,(H2,24,25,27,28,29,30,31). The molecule has 0 aliphatic carbocycles. The molecule has 0 bridgehead atoms. The summed E-state index contributed by atoms with van der Waals surface area (Å²) in [5, 5.41) is 10.0. The average molecular weight is 490 g/mol. The summed E-state index contributed by atoms with van der Waals surface area (Å²) in [5.41, 5.74) is 1.83. The zero-order chi connectivity index (χ0) is 24.0. The van der Waals surface area contributed by atoms with Crippen LogP contribution >= 0.6 is 11.3 Å². The van der Waals surface area contributed by atoms with Crippen LogP contribution in [0.1, 0.15) is 35.4 Å². The van der Waals surface area contributed by atoms with Crippen LogP contribution in [0.25, 0.3) is 11.5 Å². The van der Waals surface area contributed by atoms with Gasteiger partial charge in [-0.25, -0.2) is 29.7 Å². The van der Waals surface area contributed by atoms with Crippen LogP contribution in [0.4, 0.5) is 22.7 Å². The Labute approximate surface area is 205 Å². The first-order valence-electron chi connectivity index (χ1n) is 11.2. The lowest BCUT2D eigenvalue weighted by atomic mass is 10.2. The Bertz CT molecular complexity index is 1320. The summed E-state index contributed by atoms with van der Waals surface area (Å²) < 4.78 is 0. The minimum absolute atomic E-state index is 0.246. The molecule has 12 heteroatoms. The van der Waals surface area contributed by atoms with Gasteiger partial charge in [0, 0.05) is 36.6 Å². The molecule has 5 heterocycles. The number of hydrogen-bond acceptors (Lipinski definition) is 12. The highest BCUT2D eigenvalue weighted by Gasteiger charge is 2.19. The maximum absolute atomic E-state index is 12.4. The van der Waals surface area contributed by atoms with Gasteiger partial charge in [0.25, 0.3) is 0 Å². The fourth-order valence-corrected chi connectivity index (χ4v) is 4.15. The maximum Gasteiger partial charge on any atom is 0.376 e. The molecule has 1 fully saturated rings. The Morgan fingerprint density at radius 1 is 0.943 bits per heavy atom. The van der Waals surface area contributed by atoms with E-state index in [1.807, 2.05) is 25.1 Å². The number of carbonyl (C=O) groups is 1. The number of aryl methyl sites for hydroxylation is 1. The highest BCUT2D eigenvalue weighted by Crippen LogP contribution is 2.22. The molecular formula is C23H23N9O2S. The summed E-state index contributed by atoms with van der Waals surface area (Å²) in [6, 6.07) is 9.17. The van der Waals surface area contributed by atoms with Gasteiger partial charge >= 0.3 is 5.97 Å². The lowest BCUT2D eigenvalue weighted by Gasteiger charge is -2.24. The van der Waals surface area contributed by atoms with Crippen LogP contribution in [0.3, 0.4) is 0 Å². The highest BCUT2D eigenvalue weighted by molar-refractivity contribution is 7.14. The Morgan fingerprint density at radius 2 is 1.74 bits per heavy atom. The predicted octanol–water partition coefficient (Wildman–Crippen LogP) is 4.14. The molecule has 35 heavy (non-hydrogen) atoms. The lowest BCUT2D eigenvalue weighted by Crippen LogP contribution is -2.32. The first-order valence-corrected chi connectivity index (χ1v) is 12.1. The van der Waals surface area contributed by atoms with Crippen molar-refractivity contribution in [3.8, 4) is 11.5 Å². The zero-order valence-corrected chi connectivity index (χ0v) is 19.8. The van der Waals surface area contributed by atoms with E-state index in [-0.39, 0.29) is 5.69 Å². The largest absolute Gasteiger partial charge is 0.376 e. The quantitative estimate of drug-likeness (QED) is 0.388. The van der Waals surface area contributed by atoms with E-state index < -0.39 is 5.97 Å². The molecule has 1 aliphatic heterocycles. The summed E-state index contributed by atoms with van der Waals surface area (Å²) in [6.07, 6.45) is 6.49. The van der Waals surface area contributed by atoms with Gasteiger partial charge < -0.3 is 10.2 Å². The number of aromatic nitrogens is 6. The Morgan fingerprint density at radius 3 is 2.57 bits per heavy atom. The maximum atomic E-state index is 12.4. The minimum Gasteiger partial charge on any atom is -0.363 e. The van der Waals surface area contributed by atoms with E-state index in [1.165, 1.54) is 11.3 Å². The molecular weight excluding hydrogens is 466 g/mol. The number of thiazole rings is 1. The van der Waals surface area contributed by atoms with Crippen molar-refractivity contribution in [2.45, 2.75) is 26.2 Å². The second kappa shape index (κ2) is 10.5. The topological polar surface area (TPSA) is 131 Å². The summed E-state index contributed by atoms with van der Waals surface area (Å²) >= 11 is 1.28. The molecule has 1 aliphatic rings. The third-order valence-electron chi connectivity index (χ3n) is 5.14. The van der Waals surface area contributed by atoms with Crippen molar-refractivity contribution < 1.29 is 9.63 Å². The van der Waals surface area contributed by atoms with Crippen LogP contribution in [0, 0.1) is 6.92 Å².